The highest BCUT2D eigenvalue weighted by atomic mass is 32.2. The van der Waals surface area contributed by atoms with E-state index >= 15 is 0 Å². The van der Waals surface area contributed by atoms with E-state index in [1.165, 1.54) is 38.2 Å². The SMILES string of the molecule is C=CN1/C(=C\C=C\c2n(C#CN)c3cc(S(=O)(=O)N4CCOCC4)ccc3[n+]2C)N(CCCS(=O)(=O)[O-])c2cc(C(F)(F)F)ccc21. The van der Waals surface area contributed by atoms with Crippen LogP contribution in [-0.2, 0) is 38.1 Å². The molecule has 47 heavy (non-hydrogen) atoms. The summed E-state index contributed by atoms with van der Waals surface area (Å²) in [4.78, 5) is 3.10. The van der Waals surface area contributed by atoms with E-state index < -0.39 is 37.6 Å². The van der Waals surface area contributed by atoms with Crippen molar-refractivity contribution in [1.82, 2.24) is 8.87 Å². The number of ether oxygens (including phenoxy) is 1. The lowest BCUT2D eigenvalue weighted by atomic mass is 10.1. The first kappa shape index (κ1) is 34.0. The summed E-state index contributed by atoms with van der Waals surface area (Å²) in [6.45, 7) is 4.76. The number of rotatable bonds is 9. The Morgan fingerprint density at radius 3 is 2.47 bits per heavy atom. The van der Waals surface area contributed by atoms with Crippen LogP contribution in [0.4, 0.5) is 24.5 Å². The number of anilines is 2. The maximum atomic E-state index is 13.6. The predicted octanol–water partition coefficient (Wildman–Crippen LogP) is 2.49. The van der Waals surface area contributed by atoms with E-state index in [2.05, 4.69) is 18.7 Å². The molecular weight excluding hydrogens is 661 g/mol. The Morgan fingerprint density at radius 1 is 1.11 bits per heavy atom. The molecule has 0 bridgehead atoms. The summed E-state index contributed by atoms with van der Waals surface area (Å²) in [5, 5.41) is 0. The minimum atomic E-state index is -4.63. The number of hydrogen-bond acceptors (Lipinski definition) is 9. The Bertz CT molecular complexity index is 2060. The van der Waals surface area contributed by atoms with Crippen molar-refractivity contribution >= 4 is 48.6 Å². The van der Waals surface area contributed by atoms with Crippen molar-refractivity contribution < 1.29 is 43.9 Å². The fourth-order valence-corrected chi connectivity index (χ4v) is 7.45. The van der Waals surface area contributed by atoms with Crippen LogP contribution in [0.15, 0.2) is 72.0 Å². The van der Waals surface area contributed by atoms with E-state index in [9.17, 15) is 34.6 Å². The molecule has 0 unspecified atom stereocenters. The molecule has 0 spiro atoms. The van der Waals surface area contributed by atoms with E-state index in [4.69, 9.17) is 10.5 Å². The quantitative estimate of drug-likeness (QED) is 0.155. The second kappa shape index (κ2) is 13.0. The molecule has 2 aliphatic rings. The van der Waals surface area contributed by atoms with Crippen molar-refractivity contribution in [3.63, 3.8) is 0 Å². The number of imidazole rings is 1. The third kappa shape index (κ3) is 6.87. The van der Waals surface area contributed by atoms with Crippen LogP contribution in [-0.4, -0.2) is 68.9 Å². The Kier molecular flexibility index (Phi) is 9.44. The molecule has 1 saturated heterocycles. The molecule has 1 aromatic heterocycles. The molecule has 5 rings (SSSR count). The summed E-state index contributed by atoms with van der Waals surface area (Å²) in [5.74, 6) is 0.133. The van der Waals surface area contributed by atoms with Gasteiger partial charge in [-0.25, -0.2) is 21.4 Å². The summed E-state index contributed by atoms with van der Waals surface area (Å²) in [5.41, 5.74) is 6.33. The molecule has 2 N–H and O–H groups in total. The van der Waals surface area contributed by atoms with Crippen LogP contribution in [0.1, 0.15) is 17.8 Å². The molecule has 0 amide bonds. The number of benzene rings is 2. The van der Waals surface area contributed by atoms with Gasteiger partial charge in [-0.2, -0.15) is 17.5 Å². The molecule has 17 heteroatoms. The van der Waals surface area contributed by atoms with Gasteiger partial charge >= 0.3 is 6.18 Å². The van der Waals surface area contributed by atoms with Gasteiger partial charge in [0.05, 0.1) is 58.3 Å². The molecule has 0 saturated carbocycles. The summed E-state index contributed by atoms with van der Waals surface area (Å²) in [7, 11) is -6.63. The average molecular weight is 693 g/mol. The Labute approximate surface area is 270 Å². The molecule has 0 radical (unpaired) electrons. The molecule has 0 atom stereocenters. The highest BCUT2D eigenvalue weighted by molar-refractivity contribution is 7.89. The minimum Gasteiger partial charge on any atom is -0.748 e. The fourth-order valence-electron chi connectivity index (χ4n) is 5.54. The monoisotopic (exact) mass is 692 g/mol. The van der Waals surface area contributed by atoms with Crippen molar-refractivity contribution in [2.45, 2.75) is 17.5 Å². The van der Waals surface area contributed by atoms with Gasteiger partial charge in [0.2, 0.25) is 10.0 Å². The molecule has 12 nitrogen and oxygen atoms in total. The van der Waals surface area contributed by atoms with Crippen molar-refractivity contribution in [1.29, 1.82) is 0 Å². The van der Waals surface area contributed by atoms with E-state index in [-0.39, 0.29) is 36.6 Å². The zero-order valence-electron chi connectivity index (χ0n) is 25.1. The first-order chi connectivity index (χ1) is 22.2. The smallest absolute Gasteiger partial charge is 0.416 e. The summed E-state index contributed by atoms with van der Waals surface area (Å²) in [6, 6.07) is 13.0. The molecule has 2 aromatic carbocycles. The number of morpholine rings is 1. The topological polar surface area (TPSA) is 145 Å². The van der Waals surface area contributed by atoms with Crippen molar-refractivity contribution in [3.05, 3.63) is 78.5 Å². The lowest BCUT2D eigenvalue weighted by Crippen LogP contribution is -2.40. The van der Waals surface area contributed by atoms with Gasteiger partial charge < -0.3 is 24.8 Å². The number of fused-ring (bicyclic) bond motifs is 2. The third-order valence-electron chi connectivity index (χ3n) is 7.73. The van der Waals surface area contributed by atoms with Gasteiger partial charge in [0.15, 0.2) is 11.0 Å². The van der Waals surface area contributed by atoms with Gasteiger partial charge in [-0.15, -0.1) is 4.57 Å². The second-order valence-electron chi connectivity index (χ2n) is 10.6. The molecule has 3 aromatic rings. The van der Waals surface area contributed by atoms with Gasteiger partial charge in [-0.1, -0.05) is 12.7 Å². The lowest BCUT2D eigenvalue weighted by Gasteiger charge is -2.25. The van der Waals surface area contributed by atoms with E-state index in [0.29, 0.717) is 41.6 Å². The summed E-state index contributed by atoms with van der Waals surface area (Å²) >= 11 is 0. The number of hydrogen-bond donors (Lipinski definition) is 1. The highest BCUT2D eigenvalue weighted by Gasteiger charge is 2.36. The Balaban J connectivity index is 1.56. The lowest BCUT2D eigenvalue weighted by molar-refractivity contribution is -0.647. The number of aryl methyl sites for hydroxylation is 1. The van der Waals surface area contributed by atoms with Crippen LogP contribution in [0.5, 0.6) is 0 Å². The number of allylic oxidation sites excluding steroid dienone is 2. The van der Waals surface area contributed by atoms with Gasteiger partial charge in [0, 0.05) is 43.7 Å². The molecule has 1 fully saturated rings. The predicted molar refractivity (Wildman–Crippen MR) is 168 cm³/mol. The summed E-state index contributed by atoms with van der Waals surface area (Å²) in [6.07, 6.45) is 1.49. The maximum Gasteiger partial charge on any atom is 0.416 e. The average Bonchev–Trinajstić information content (AvgIpc) is 3.46. The van der Waals surface area contributed by atoms with Gasteiger partial charge in [-0.3, -0.25) is 0 Å². The second-order valence-corrected chi connectivity index (χ2v) is 14.0. The molecule has 2 aliphatic heterocycles. The van der Waals surface area contributed by atoms with E-state index in [1.54, 1.807) is 40.8 Å². The van der Waals surface area contributed by atoms with Crippen molar-refractivity contribution in [3.8, 4) is 12.1 Å². The van der Waals surface area contributed by atoms with Crippen LogP contribution in [0.2, 0.25) is 0 Å². The zero-order valence-corrected chi connectivity index (χ0v) is 26.8. The zero-order chi connectivity index (χ0) is 34.1. The number of alkyl halides is 3. The van der Waals surface area contributed by atoms with Crippen LogP contribution in [0, 0.1) is 12.1 Å². The third-order valence-corrected chi connectivity index (χ3v) is 10.4. The normalized spacial score (nSPS) is 17.0. The van der Waals surface area contributed by atoms with Gasteiger partial charge in [0.1, 0.15) is 11.9 Å². The number of sulfonamides is 1. The van der Waals surface area contributed by atoms with Crippen LogP contribution < -0.4 is 20.1 Å². The van der Waals surface area contributed by atoms with E-state index in [1.807, 2.05) is 0 Å². The summed E-state index contributed by atoms with van der Waals surface area (Å²) < 4.78 is 111. The largest absolute Gasteiger partial charge is 0.748 e. The Morgan fingerprint density at radius 2 is 1.83 bits per heavy atom. The maximum absolute atomic E-state index is 13.6. The molecule has 250 valence electrons. The molecule has 0 aliphatic carbocycles. The first-order valence-electron chi connectivity index (χ1n) is 14.2. The Hall–Kier alpha value is -4.34. The highest BCUT2D eigenvalue weighted by Crippen LogP contribution is 2.45. The number of nitrogens with zero attached hydrogens (tertiary/aromatic N) is 5. The van der Waals surface area contributed by atoms with Crippen LogP contribution in [0.3, 0.4) is 0 Å². The first-order valence-corrected chi connectivity index (χ1v) is 17.3. The van der Waals surface area contributed by atoms with Gasteiger partial charge in [-0.05, 0) is 42.8 Å². The molecule has 3 heterocycles. The van der Waals surface area contributed by atoms with Crippen molar-refractivity contribution in [2.24, 2.45) is 12.8 Å². The molecular formula is C30H31F3N6O6S2. The number of nitrogens with two attached hydrogens (primary N) is 1. The number of halogens is 3. The van der Waals surface area contributed by atoms with E-state index in [0.717, 1.165) is 12.1 Å². The van der Waals surface area contributed by atoms with Crippen LogP contribution >= 0.6 is 0 Å². The fraction of sp³-hybridized carbons (Fsp3) is 0.300. The minimum absolute atomic E-state index is 0.0713. The van der Waals surface area contributed by atoms with Gasteiger partial charge in [0.25, 0.3) is 5.82 Å². The van der Waals surface area contributed by atoms with Crippen LogP contribution in [0.25, 0.3) is 17.1 Å². The number of aromatic nitrogens is 2. The standard InChI is InChI=1S/C30H31F3N6O6S2/c1-3-37-25-10-8-22(30(31,32)33)20-26(25)38(13-5-19-46(40,41)42)29(37)7-4-6-28-35(2)24-11-9-23(21-27(24)39(28)14-12-34)47(43,44)36-15-17-45-18-16-36/h3-4,6-11,20-21H,1,5,13,15-19,34H2,2H3. The van der Waals surface area contributed by atoms with Crippen molar-refractivity contribution in [2.75, 3.05) is 48.4 Å².